The Labute approximate surface area is 170 Å². The van der Waals surface area contributed by atoms with E-state index in [-0.39, 0.29) is 11.7 Å². The Morgan fingerprint density at radius 1 is 1.07 bits per heavy atom. The Balaban J connectivity index is 1.50. The third-order valence-electron chi connectivity index (χ3n) is 4.79. The fraction of sp³-hybridized carbons (Fsp3) is 0.333. The number of anilines is 2. The van der Waals surface area contributed by atoms with Crippen molar-refractivity contribution in [3.8, 4) is 0 Å². The highest BCUT2D eigenvalue weighted by Crippen LogP contribution is 2.20. The molecular weight excluding hydrogens is 375 g/mol. The maximum Gasteiger partial charge on any atom is 0.225 e. The number of benzene rings is 2. The van der Waals surface area contributed by atoms with Crippen LogP contribution in [0.25, 0.3) is 0 Å². The van der Waals surface area contributed by atoms with Gasteiger partial charge in [0.2, 0.25) is 5.91 Å². The van der Waals surface area contributed by atoms with Crippen LogP contribution in [0, 0.1) is 5.82 Å². The van der Waals surface area contributed by atoms with Gasteiger partial charge in [-0.05, 0) is 42.5 Å². The van der Waals surface area contributed by atoms with Crippen LogP contribution in [0.3, 0.4) is 0 Å². The van der Waals surface area contributed by atoms with Crippen molar-refractivity contribution in [3.05, 3.63) is 59.9 Å². The molecule has 0 atom stereocenters. The van der Waals surface area contributed by atoms with Crippen molar-refractivity contribution in [2.24, 2.45) is 0 Å². The Kier molecular flexibility index (Phi) is 6.95. The van der Waals surface area contributed by atoms with Gasteiger partial charge in [0.15, 0.2) is 5.11 Å². The molecule has 28 heavy (non-hydrogen) atoms. The van der Waals surface area contributed by atoms with Crippen molar-refractivity contribution >= 4 is 34.6 Å². The van der Waals surface area contributed by atoms with Gasteiger partial charge in [-0.2, -0.15) is 0 Å². The molecule has 2 aromatic rings. The van der Waals surface area contributed by atoms with E-state index in [0.717, 1.165) is 43.1 Å². The van der Waals surface area contributed by atoms with Gasteiger partial charge in [0.1, 0.15) is 5.82 Å². The second-order valence-corrected chi connectivity index (χ2v) is 7.17. The van der Waals surface area contributed by atoms with Crippen molar-refractivity contribution in [1.82, 2.24) is 10.2 Å². The van der Waals surface area contributed by atoms with Gasteiger partial charge in [-0.15, -0.1) is 0 Å². The number of nitrogens with one attached hydrogen (secondary N) is 2. The maximum atomic E-state index is 13.8. The molecule has 0 bridgehead atoms. The molecule has 148 valence electrons. The molecule has 0 spiro atoms. The van der Waals surface area contributed by atoms with Gasteiger partial charge in [0.25, 0.3) is 0 Å². The van der Waals surface area contributed by atoms with Crippen LogP contribution >= 0.6 is 12.2 Å². The first-order valence-electron chi connectivity index (χ1n) is 9.46. The molecule has 1 saturated heterocycles. The number of piperazine rings is 1. The van der Waals surface area contributed by atoms with Crippen LogP contribution in [-0.4, -0.2) is 42.1 Å². The predicted molar refractivity (Wildman–Crippen MR) is 115 cm³/mol. The minimum absolute atomic E-state index is 0.109. The van der Waals surface area contributed by atoms with Gasteiger partial charge in [0.05, 0.1) is 0 Å². The van der Waals surface area contributed by atoms with E-state index in [1.165, 1.54) is 6.07 Å². The number of nitrogens with zero attached hydrogens (tertiary/aromatic N) is 2. The zero-order chi connectivity index (χ0) is 19.9. The topological polar surface area (TPSA) is 47.6 Å². The fourth-order valence-corrected chi connectivity index (χ4v) is 3.40. The van der Waals surface area contributed by atoms with E-state index in [9.17, 15) is 9.18 Å². The van der Waals surface area contributed by atoms with Gasteiger partial charge in [-0.1, -0.05) is 25.1 Å². The van der Waals surface area contributed by atoms with Crippen molar-refractivity contribution in [2.45, 2.75) is 19.9 Å². The Bertz CT molecular complexity index is 819. The van der Waals surface area contributed by atoms with Crippen molar-refractivity contribution < 1.29 is 9.18 Å². The average Bonchev–Trinajstić information content (AvgIpc) is 2.71. The van der Waals surface area contributed by atoms with Crippen LogP contribution in [0.15, 0.2) is 48.5 Å². The highest BCUT2D eigenvalue weighted by atomic mass is 32.1. The predicted octanol–water partition coefficient (Wildman–Crippen LogP) is 3.37. The van der Waals surface area contributed by atoms with Gasteiger partial charge in [0, 0.05) is 56.1 Å². The van der Waals surface area contributed by atoms with E-state index >= 15 is 0 Å². The summed E-state index contributed by atoms with van der Waals surface area (Å²) in [5, 5.41) is 5.94. The lowest BCUT2D eigenvalue weighted by molar-refractivity contribution is -0.119. The molecule has 1 amide bonds. The number of thiocarbonyl (C=S) groups is 1. The normalized spacial score (nSPS) is 14.6. The number of halogens is 1. The molecule has 5 nitrogen and oxygen atoms in total. The molecule has 0 aromatic heterocycles. The zero-order valence-corrected chi connectivity index (χ0v) is 16.8. The average molecular weight is 401 g/mol. The highest BCUT2D eigenvalue weighted by molar-refractivity contribution is 7.80. The fourth-order valence-electron chi connectivity index (χ4n) is 3.16. The molecule has 2 aromatic carbocycles. The summed E-state index contributed by atoms with van der Waals surface area (Å²) in [7, 11) is 0. The van der Waals surface area contributed by atoms with E-state index in [4.69, 9.17) is 12.2 Å². The second kappa shape index (κ2) is 9.61. The molecule has 0 unspecified atom stereocenters. The number of carbonyl (C=O) groups is 1. The Morgan fingerprint density at radius 2 is 1.75 bits per heavy atom. The van der Waals surface area contributed by atoms with Gasteiger partial charge < -0.3 is 15.5 Å². The van der Waals surface area contributed by atoms with E-state index < -0.39 is 0 Å². The molecule has 0 aliphatic carbocycles. The summed E-state index contributed by atoms with van der Waals surface area (Å²) in [6.45, 7) is 5.99. The third kappa shape index (κ3) is 5.50. The molecule has 1 aliphatic heterocycles. The summed E-state index contributed by atoms with van der Waals surface area (Å²) in [5.41, 5.74) is 2.72. The first-order valence-corrected chi connectivity index (χ1v) is 9.87. The Hall–Kier alpha value is -2.51. The van der Waals surface area contributed by atoms with Gasteiger partial charge in [-0.3, -0.25) is 9.69 Å². The van der Waals surface area contributed by atoms with Gasteiger partial charge in [-0.25, -0.2) is 4.39 Å². The number of carbonyl (C=O) groups excluding carboxylic acids is 1. The number of hydrogen-bond donors (Lipinski definition) is 2. The summed E-state index contributed by atoms with van der Waals surface area (Å²) >= 11 is 5.13. The van der Waals surface area contributed by atoms with E-state index in [0.29, 0.717) is 18.1 Å². The van der Waals surface area contributed by atoms with Gasteiger partial charge >= 0.3 is 0 Å². The monoisotopic (exact) mass is 400 g/mol. The molecule has 1 aliphatic rings. The van der Waals surface area contributed by atoms with E-state index in [1.54, 1.807) is 13.0 Å². The summed E-state index contributed by atoms with van der Waals surface area (Å²) in [5.74, 6) is -0.247. The quantitative estimate of drug-likeness (QED) is 0.754. The molecule has 0 radical (unpaired) electrons. The summed E-state index contributed by atoms with van der Waals surface area (Å²) in [6.07, 6.45) is 0.393. The largest absolute Gasteiger partial charge is 0.369 e. The molecular formula is C21H25FN4OS. The lowest BCUT2D eigenvalue weighted by atomic mass is 10.1. The number of amides is 1. The van der Waals surface area contributed by atoms with Crippen LogP contribution in [-0.2, 0) is 11.3 Å². The second-order valence-electron chi connectivity index (χ2n) is 6.76. The molecule has 2 N–H and O–H groups in total. The lowest BCUT2D eigenvalue weighted by Gasteiger charge is -2.36. The number of rotatable bonds is 5. The first kappa shape index (κ1) is 20.2. The molecule has 1 heterocycles. The summed E-state index contributed by atoms with van der Waals surface area (Å²) in [6, 6.07) is 14.9. The molecule has 0 saturated carbocycles. The summed E-state index contributed by atoms with van der Waals surface area (Å²) < 4.78 is 13.8. The molecule has 7 heteroatoms. The van der Waals surface area contributed by atoms with Crippen LogP contribution in [0.1, 0.15) is 18.9 Å². The molecule has 3 rings (SSSR count). The Morgan fingerprint density at radius 3 is 2.39 bits per heavy atom. The standard InChI is InChI=1S/C21H25FN4OS/c1-2-20(27)24-21(28)23-17-7-9-18(10-8-17)26-13-11-25(12-14-26)15-16-5-3-4-6-19(16)22/h3-10H,2,11-15H2,1H3,(H2,23,24,27,28). The van der Waals surface area contributed by atoms with E-state index in [2.05, 4.69) is 20.4 Å². The van der Waals surface area contributed by atoms with Crippen molar-refractivity contribution in [2.75, 3.05) is 36.4 Å². The van der Waals surface area contributed by atoms with Crippen LogP contribution in [0.5, 0.6) is 0 Å². The van der Waals surface area contributed by atoms with Crippen LogP contribution < -0.4 is 15.5 Å². The lowest BCUT2D eigenvalue weighted by Crippen LogP contribution is -2.46. The number of hydrogen-bond acceptors (Lipinski definition) is 4. The van der Waals surface area contributed by atoms with E-state index in [1.807, 2.05) is 36.4 Å². The zero-order valence-electron chi connectivity index (χ0n) is 16.0. The third-order valence-corrected chi connectivity index (χ3v) is 4.99. The SMILES string of the molecule is CCC(=O)NC(=S)Nc1ccc(N2CCN(Cc3ccccc3F)CC2)cc1. The first-order chi connectivity index (χ1) is 13.5. The maximum absolute atomic E-state index is 13.8. The van der Waals surface area contributed by atoms with Crippen molar-refractivity contribution in [1.29, 1.82) is 0 Å². The van der Waals surface area contributed by atoms with Crippen molar-refractivity contribution in [3.63, 3.8) is 0 Å². The summed E-state index contributed by atoms with van der Waals surface area (Å²) in [4.78, 5) is 16.0. The smallest absolute Gasteiger partial charge is 0.225 e. The minimum Gasteiger partial charge on any atom is -0.369 e. The highest BCUT2D eigenvalue weighted by Gasteiger charge is 2.18. The minimum atomic E-state index is -0.138. The van der Waals surface area contributed by atoms with Crippen LogP contribution in [0.2, 0.25) is 0 Å². The van der Waals surface area contributed by atoms with Crippen LogP contribution in [0.4, 0.5) is 15.8 Å². The molecule has 1 fully saturated rings.